The number of imide groups is 1. The summed E-state index contributed by atoms with van der Waals surface area (Å²) in [6.45, 7) is 3.37. The number of ether oxygens (including phenoxy) is 1. The number of thiophene rings is 1. The summed E-state index contributed by atoms with van der Waals surface area (Å²) in [5.41, 5.74) is 1.38. The van der Waals surface area contributed by atoms with E-state index in [0.29, 0.717) is 10.6 Å². The maximum atomic E-state index is 12.5. The van der Waals surface area contributed by atoms with Crippen LogP contribution in [0.2, 0.25) is 0 Å². The molecule has 146 valence electrons. The zero-order chi connectivity index (χ0) is 19.6. The summed E-state index contributed by atoms with van der Waals surface area (Å²) in [4.78, 5) is 51.2. The van der Waals surface area contributed by atoms with Crippen LogP contribution in [0.3, 0.4) is 0 Å². The second-order valence-corrected chi connectivity index (χ2v) is 8.89. The van der Waals surface area contributed by atoms with Crippen molar-refractivity contribution in [2.75, 3.05) is 24.2 Å². The molecule has 7 nitrogen and oxygen atoms in total. The number of rotatable bonds is 5. The number of hydrogen-bond donors (Lipinski definition) is 1. The van der Waals surface area contributed by atoms with Crippen LogP contribution >= 0.6 is 23.1 Å². The predicted molar refractivity (Wildman–Crippen MR) is 104 cm³/mol. The number of carbonyl (C=O) groups excluding carboxylic acids is 4. The average molecular weight is 411 g/mol. The lowest BCUT2D eigenvalue weighted by molar-refractivity contribution is -0.145. The zero-order valence-corrected chi connectivity index (χ0v) is 17.0. The lowest BCUT2D eigenvalue weighted by atomic mass is 9.95. The Labute approximate surface area is 165 Å². The maximum Gasteiger partial charge on any atom is 0.341 e. The van der Waals surface area contributed by atoms with Crippen LogP contribution in [-0.2, 0) is 32.0 Å². The summed E-state index contributed by atoms with van der Waals surface area (Å²) in [5, 5.41) is 2.84. The van der Waals surface area contributed by atoms with Gasteiger partial charge in [0.1, 0.15) is 11.5 Å². The SMILES string of the molecule is CCOC(=O)c1c(NC(=O)CN2C(=O)CS[C@@H](C)C2=O)sc2c1CCCC2. The Kier molecular flexibility index (Phi) is 6.21. The van der Waals surface area contributed by atoms with Crippen molar-refractivity contribution in [3.63, 3.8) is 0 Å². The monoisotopic (exact) mass is 410 g/mol. The van der Waals surface area contributed by atoms with Crippen LogP contribution in [-0.4, -0.2) is 52.7 Å². The van der Waals surface area contributed by atoms with Gasteiger partial charge in [-0.2, -0.15) is 0 Å². The third-order valence-corrected chi connectivity index (χ3v) is 6.90. The first-order valence-electron chi connectivity index (χ1n) is 8.99. The smallest absolute Gasteiger partial charge is 0.341 e. The lowest BCUT2D eigenvalue weighted by Crippen LogP contribution is -2.49. The van der Waals surface area contributed by atoms with E-state index in [4.69, 9.17) is 4.74 Å². The second kappa shape index (κ2) is 8.43. The molecule has 0 saturated carbocycles. The summed E-state index contributed by atoms with van der Waals surface area (Å²) in [6.07, 6.45) is 3.71. The van der Waals surface area contributed by atoms with E-state index in [0.717, 1.165) is 41.0 Å². The van der Waals surface area contributed by atoms with Gasteiger partial charge in [-0.05, 0) is 45.1 Å². The molecule has 3 amide bonds. The van der Waals surface area contributed by atoms with Gasteiger partial charge in [0.25, 0.3) is 0 Å². The standard InChI is InChI=1S/C18H22N2O5S2/c1-3-25-18(24)15-11-6-4-5-7-12(11)27-16(15)19-13(21)8-20-14(22)9-26-10(2)17(20)23/h10H,3-9H2,1-2H3,(H,19,21)/t10-/m0/s1. The van der Waals surface area contributed by atoms with Crippen LogP contribution in [0.1, 0.15) is 47.5 Å². The predicted octanol–water partition coefficient (Wildman–Crippen LogP) is 2.23. The van der Waals surface area contributed by atoms with Gasteiger partial charge in [-0.15, -0.1) is 23.1 Å². The molecule has 1 aliphatic carbocycles. The molecule has 1 fully saturated rings. The van der Waals surface area contributed by atoms with E-state index in [-0.39, 0.29) is 36.0 Å². The van der Waals surface area contributed by atoms with Crippen LogP contribution in [0.15, 0.2) is 0 Å². The second-order valence-electron chi connectivity index (χ2n) is 6.46. The lowest BCUT2D eigenvalue weighted by Gasteiger charge is -2.27. The number of anilines is 1. The first-order chi connectivity index (χ1) is 12.9. The molecule has 3 rings (SSSR count). The number of carbonyl (C=O) groups is 4. The number of thioether (sulfide) groups is 1. The Bertz CT molecular complexity index is 789. The molecule has 0 bridgehead atoms. The van der Waals surface area contributed by atoms with Crippen molar-refractivity contribution in [2.45, 2.75) is 44.8 Å². The van der Waals surface area contributed by atoms with Gasteiger partial charge < -0.3 is 10.1 Å². The van der Waals surface area contributed by atoms with Gasteiger partial charge in [-0.3, -0.25) is 19.3 Å². The molecule has 1 aromatic rings. The van der Waals surface area contributed by atoms with E-state index in [1.165, 1.54) is 23.1 Å². The first kappa shape index (κ1) is 19.9. The largest absolute Gasteiger partial charge is 0.462 e. The summed E-state index contributed by atoms with van der Waals surface area (Å²) >= 11 is 2.65. The minimum Gasteiger partial charge on any atom is -0.462 e. The van der Waals surface area contributed by atoms with E-state index in [9.17, 15) is 19.2 Å². The molecule has 1 saturated heterocycles. The van der Waals surface area contributed by atoms with Gasteiger partial charge in [0, 0.05) is 4.88 Å². The quantitative estimate of drug-likeness (QED) is 0.591. The molecular weight excluding hydrogens is 388 g/mol. The van der Waals surface area contributed by atoms with Gasteiger partial charge in [0.2, 0.25) is 17.7 Å². The van der Waals surface area contributed by atoms with Gasteiger partial charge in [-0.25, -0.2) is 4.79 Å². The summed E-state index contributed by atoms with van der Waals surface area (Å²) in [5.74, 6) is -1.47. The Morgan fingerprint density at radius 1 is 1.26 bits per heavy atom. The first-order valence-corrected chi connectivity index (χ1v) is 10.9. The van der Waals surface area contributed by atoms with Crippen molar-refractivity contribution in [2.24, 2.45) is 0 Å². The third-order valence-electron chi connectivity index (χ3n) is 4.58. The average Bonchev–Trinajstić information content (AvgIpc) is 3.00. The highest BCUT2D eigenvalue weighted by Gasteiger charge is 2.34. The van der Waals surface area contributed by atoms with Gasteiger partial charge >= 0.3 is 5.97 Å². The van der Waals surface area contributed by atoms with Crippen LogP contribution in [0.5, 0.6) is 0 Å². The summed E-state index contributed by atoms with van der Waals surface area (Å²) in [6, 6.07) is 0. The highest BCUT2D eigenvalue weighted by molar-refractivity contribution is 8.01. The fraction of sp³-hybridized carbons (Fsp3) is 0.556. The highest BCUT2D eigenvalue weighted by Crippen LogP contribution is 2.38. The van der Waals surface area contributed by atoms with Crippen LogP contribution < -0.4 is 5.32 Å². The summed E-state index contributed by atoms with van der Waals surface area (Å²) in [7, 11) is 0. The number of esters is 1. The zero-order valence-electron chi connectivity index (χ0n) is 15.3. The molecule has 0 aromatic carbocycles. The molecule has 1 N–H and O–H groups in total. The van der Waals surface area contributed by atoms with Crippen LogP contribution in [0.25, 0.3) is 0 Å². The highest BCUT2D eigenvalue weighted by atomic mass is 32.2. The number of aryl methyl sites for hydroxylation is 1. The Morgan fingerprint density at radius 3 is 2.74 bits per heavy atom. The number of hydrogen-bond acceptors (Lipinski definition) is 7. The molecule has 1 aliphatic heterocycles. The van der Waals surface area contributed by atoms with Crippen molar-refractivity contribution in [1.82, 2.24) is 4.90 Å². The van der Waals surface area contributed by atoms with Crippen molar-refractivity contribution in [3.05, 3.63) is 16.0 Å². The fourth-order valence-corrected chi connectivity index (χ4v) is 5.35. The van der Waals surface area contributed by atoms with Gasteiger partial charge in [0.05, 0.1) is 23.2 Å². The third kappa shape index (κ3) is 4.19. The van der Waals surface area contributed by atoms with E-state index in [1.807, 2.05) is 0 Å². The molecule has 0 unspecified atom stereocenters. The molecule has 9 heteroatoms. The molecule has 2 aliphatic rings. The Morgan fingerprint density at radius 2 is 2.00 bits per heavy atom. The number of nitrogens with one attached hydrogen (secondary N) is 1. The molecule has 1 atom stereocenters. The fourth-order valence-electron chi connectivity index (χ4n) is 3.24. The van der Waals surface area contributed by atoms with E-state index in [2.05, 4.69) is 5.32 Å². The normalized spacial score (nSPS) is 19.6. The van der Waals surface area contributed by atoms with Crippen molar-refractivity contribution in [3.8, 4) is 0 Å². The molecule has 2 heterocycles. The molecule has 0 spiro atoms. The van der Waals surface area contributed by atoms with E-state index in [1.54, 1.807) is 13.8 Å². The van der Waals surface area contributed by atoms with Gasteiger partial charge in [0.15, 0.2) is 0 Å². The van der Waals surface area contributed by atoms with Crippen LogP contribution in [0.4, 0.5) is 5.00 Å². The summed E-state index contributed by atoms with van der Waals surface area (Å²) < 4.78 is 5.17. The number of amides is 3. The Hall–Kier alpha value is -1.87. The molecular formula is C18H22N2O5S2. The molecule has 27 heavy (non-hydrogen) atoms. The van der Waals surface area contributed by atoms with E-state index >= 15 is 0 Å². The molecule has 0 radical (unpaired) electrons. The number of fused-ring (bicyclic) bond motifs is 1. The minimum absolute atomic E-state index is 0.182. The van der Waals surface area contributed by atoms with Crippen molar-refractivity contribution >= 4 is 51.8 Å². The van der Waals surface area contributed by atoms with Crippen molar-refractivity contribution in [1.29, 1.82) is 0 Å². The van der Waals surface area contributed by atoms with Gasteiger partial charge in [-0.1, -0.05) is 0 Å². The maximum absolute atomic E-state index is 12.5. The van der Waals surface area contributed by atoms with Crippen molar-refractivity contribution < 1.29 is 23.9 Å². The number of nitrogens with zero attached hydrogens (tertiary/aromatic N) is 1. The minimum atomic E-state index is -0.486. The molecule has 1 aromatic heterocycles. The topological polar surface area (TPSA) is 92.8 Å². The Balaban J connectivity index is 1.79. The van der Waals surface area contributed by atoms with E-state index < -0.39 is 11.9 Å². The van der Waals surface area contributed by atoms with Crippen LogP contribution in [0, 0.1) is 0 Å².